The van der Waals surface area contributed by atoms with Crippen LogP contribution in [0.4, 0.5) is 0 Å². The Hall–Kier alpha value is -1.26. The van der Waals surface area contributed by atoms with Crippen molar-refractivity contribution >= 4 is 0 Å². The smallest absolute Gasteiger partial charge is 0.122 e. The molecule has 1 aliphatic rings. The Morgan fingerprint density at radius 2 is 1.67 bits per heavy atom. The van der Waals surface area contributed by atoms with Gasteiger partial charge in [0.05, 0.1) is 14.2 Å². The van der Waals surface area contributed by atoms with Gasteiger partial charge in [-0.05, 0) is 37.0 Å². The highest BCUT2D eigenvalue weighted by Gasteiger charge is 2.28. The summed E-state index contributed by atoms with van der Waals surface area (Å²) in [5.74, 6) is 1.61. The van der Waals surface area contributed by atoms with E-state index < -0.39 is 0 Å². The molecule has 1 fully saturated rings. The lowest BCUT2D eigenvalue weighted by atomic mass is 9.85. The van der Waals surface area contributed by atoms with E-state index in [1.54, 1.807) is 14.2 Å². The predicted octanol–water partition coefficient (Wildman–Crippen LogP) is 1.75. The average Bonchev–Trinajstić information content (AvgIpc) is 2.38. The van der Waals surface area contributed by atoms with Crippen molar-refractivity contribution in [1.82, 2.24) is 0 Å². The second-order valence-electron chi connectivity index (χ2n) is 4.87. The molecule has 0 atom stereocenters. The van der Waals surface area contributed by atoms with E-state index in [4.69, 9.17) is 19.9 Å². The lowest BCUT2D eigenvalue weighted by Gasteiger charge is -2.33. The van der Waals surface area contributed by atoms with Crippen LogP contribution in [0.15, 0.2) is 18.2 Å². The van der Waals surface area contributed by atoms with Crippen molar-refractivity contribution in [3.05, 3.63) is 23.8 Å². The van der Waals surface area contributed by atoms with Crippen LogP contribution in [0, 0.1) is 0 Å². The Morgan fingerprint density at radius 3 is 2.17 bits per heavy atom. The Bertz CT molecular complexity index is 378. The Balaban J connectivity index is 2.16. The average molecular weight is 251 g/mol. The van der Waals surface area contributed by atoms with Crippen molar-refractivity contribution in [3.63, 3.8) is 0 Å². The van der Waals surface area contributed by atoms with Gasteiger partial charge in [0, 0.05) is 24.8 Å². The summed E-state index contributed by atoms with van der Waals surface area (Å²) in [5.41, 5.74) is 7.39. The second kappa shape index (κ2) is 5.59. The number of benzene rings is 1. The minimum absolute atomic E-state index is 0.171. The molecule has 0 aromatic heterocycles. The third-order valence-electron chi connectivity index (χ3n) is 3.46. The summed E-state index contributed by atoms with van der Waals surface area (Å²) in [5, 5.41) is 0. The molecule has 1 saturated heterocycles. The quantitative estimate of drug-likeness (QED) is 0.886. The number of nitrogens with two attached hydrogens (primary N) is 1. The molecule has 0 amide bonds. The molecule has 0 unspecified atom stereocenters. The first-order chi connectivity index (χ1) is 8.65. The van der Waals surface area contributed by atoms with Crippen LogP contribution in [-0.4, -0.2) is 33.0 Å². The highest BCUT2D eigenvalue weighted by Crippen LogP contribution is 2.28. The monoisotopic (exact) mass is 251 g/mol. The van der Waals surface area contributed by atoms with Crippen molar-refractivity contribution in [2.24, 2.45) is 5.73 Å². The van der Waals surface area contributed by atoms with Crippen LogP contribution in [0.1, 0.15) is 18.4 Å². The number of ether oxygens (including phenoxy) is 3. The second-order valence-corrected chi connectivity index (χ2v) is 4.87. The van der Waals surface area contributed by atoms with Crippen molar-refractivity contribution in [1.29, 1.82) is 0 Å². The van der Waals surface area contributed by atoms with E-state index in [1.165, 1.54) is 0 Å². The fourth-order valence-corrected chi connectivity index (χ4v) is 2.33. The van der Waals surface area contributed by atoms with Crippen molar-refractivity contribution in [2.45, 2.75) is 24.8 Å². The van der Waals surface area contributed by atoms with E-state index in [1.807, 2.05) is 18.2 Å². The molecule has 1 aromatic rings. The summed E-state index contributed by atoms with van der Waals surface area (Å²) in [7, 11) is 3.32. The third-order valence-corrected chi connectivity index (χ3v) is 3.46. The molecular formula is C14H21NO3. The third kappa shape index (κ3) is 3.15. The molecule has 1 aromatic carbocycles. The van der Waals surface area contributed by atoms with E-state index in [0.29, 0.717) is 0 Å². The molecule has 1 aliphatic heterocycles. The molecule has 2 rings (SSSR count). The molecule has 18 heavy (non-hydrogen) atoms. The lowest BCUT2D eigenvalue weighted by molar-refractivity contribution is 0.0533. The standard InChI is InChI=1S/C14H21NO3/c1-16-12-7-11(8-13(9-12)17-2)10-14(15)3-5-18-6-4-14/h7-9H,3-6,10,15H2,1-2H3. The van der Waals surface area contributed by atoms with Crippen molar-refractivity contribution in [3.8, 4) is 11.5 Å². The van der Waals surface area contributed by atoms with E-state index in [9.17, 15) is 0 Å². The van der Waals surface area contributed by atoms with Gasteiger partial charge < -0.3 is 19.9 Å². The largest absolute Gasteiger partial charge is 0.497 e. The van der Waals surface area contributed by atoms with E-state index in [0.717, 1.165) is 49.5 Å². The van der Waals surface area contributed by atoms with Gasteiger partial charge in [0.1, 0.15) is 11.5 Å². The van der Waals surface area contributed by atoms with Crippen LogP contribution in [-0.2, 0) is 11.2 Å². The number of rotatable bonds is 4. The van der Waals surface area contributed by atoms with Crippen LogP contribution in [0.3, 0.4) is 0 Å². The number of methoxy groups -OCH3 is 2. The minimum atomic E-state index is -0.171. The maximum atomic E-state index is 6.41. The van der Waals surface area contributed by atoms with Crippen molar-refractivity contribution in [2.75, 3.05) is 27.4 Å². The molecule has 0 radical (unpaired) electrons. The van der Waals surface area contributed by atoms with Gasteiger partial charge in [-0.15, -0.1) is 0 Å². The van der Waals surface area contributed by atoms with Gasteiger partial charge in [0.15, 0.2) is 0 Å². The van der Waals surface area contributed by atoms with Gasteiger partial charge in [-0.2, -0.15) is 0 Å². The molecule has 0 saturated carbocycles. The Morgan fingerprint density at radius 1 is 1.11 bits per heavy atom. The lowest BCUT2D eigenvalue weighted by Crippen LogP contribution is -2.46. The summed E-state index contributed by atoms with van der Waals surface area (Å²) in [6, 6.07) is 5.91. The first-order valence-electron chi connectivity index (χ1n) is 6.24. The van der Waals surface area contributed by atoms with Gasteiger partial charge in [0.2, 0.25) is 0 Å². The maximum Gasteiger partial charge on any atom is 0.122 e. The molecular weight excluding hydrogens is 230 g/mol. The molecule has 0 spiro atoms. The zero-order valence-electron chi connectivity index (χ0n) is 11.1. The highest BCUT2D eigenvalue weighted by molar-refractivity contribution is 5.39. The molecule has 1 heterocycles. The van der Waals surface area contributed by atoms with Gasteiger partial charge >= 0.3 is 0 Å². The normalized spacial score (nSPS) is 18.4. The molecule has 0 bridgehead atoms. The van der Waals surface area contributed by atoms with Crippen molar-refractivity contribution < 1.29 is 14.2 Å². The summed E-state index contributed by atoms with van der Waals surface area (Å²) in [6.07, 6.45) is 2.61. The first kappa shape index (κ1) is 13.2. The first-order valence-corrected chi connectivity index (χ1v) is 6.24. The number of hydrogen-bond donors (Lipinski definition) is 1. The summed E-state index contributed by atoms with van der Waals surface area (Å²) in [6.45, 7) is 1.50. The van der Waals surface area contributed by atoms with Gasteiger partial charge in [0.25, 0.3) is 0 Å². The molecule has 2 N–H and O–H groups in total. The van der Waals surface area contributed by atoms with Crippen LogP contribution in [0.2, 0.25) is 0 Å². The van der Waals surface area contributed by atoms with Gasteiger partial charge in [-0.25, -0.2) is 0 Å². The van der Waals surface area contributed by atoms with E-state index >= 15 is 0 Å². The molecule has 0 aliphatic carbocycles. The molecule has 100 valence electrons. The minimum Gasteiger partial charge on any atom is -0.497 e. The highest BCUT2D eigenvalue weighted by atomic mass is 16.5. The van der Waals surface area contributed by atoms with Crippen LogP contribution < -0.4 is 15.2 Å². The summed E-state index contributed by atoms with van der Waals surface area (Å²) in [4.78, 5) is 0. The Labute approximate surface area is 108 Å². The molecule has 4 heteroatoms. The van der Waals surface area contributed by atoms with E-state index in [-0.39, 0.29) is 5.54 Å². The van der Waals surface area contributed by atoms with Gasteiger partial charge in [-0.1, -0.05) is 0 Å². The zero-order chi connectivity index (χ0) is 13.0. The predicted molar refractivity (Wildman–Crippen MR) is 70.2 cm³/mol. The Kier molecular flexibility index (Phi) is 4.09. The van der Waals surface area contributed by atoms with E-state index in [2.05, 4.69) is 0 Å². The fourth-order valence-electron chi connectivity index (χ4n) is 2.33. The maximum absolute atomic E-state index is 6.41. The van der Waals surface area contributed by atoms with Gasteiger partial charge in [-0.3, -0.25) is 0 Å². The topological polar surface area (TPSA) is 53.7 Å². The van der Waals surface area contributed by atoms with Crippen LogP contribution in [0.5, 0.6) is 11.5 Å². The SMILES string of the molecule is COc1cc(CC2(N)CCOCC2)cc(OC)c1. The zero-order valence-corrected chi connectivity index (χ0v) is 11.1. The summed E-state index contributed by atoms with van der Waals surface area (Å²) < 4.78 is 15.9. The number of hydrogen-bond acceptors (Lipinski definition) is 4. The van der Waals surface area contributed by atoms with Crippen LogP contribution >= 0.6 is 0 Å². The van der Waals surface area contributed by atoms with Crippen LogP contribution in [0.25, 0.3) is 0 Å². The fraction of sp³-hybridized carbons (Fsp3) is 0.571. The molecule has 4 nitrogen and oxygen atoms in total. The summed E-state index contributed by atoms with van der Waals surface area (Å²) >= 11 is 0.